The molecule has 5 atom stereocenters. The van der Waals surface area contributed by atoms with Crippen molar-refractivity contribution in [3.05, 3.63) is 23.3 Å². The van der Waals surface area contributed by atoms with Gasteiger partial charge in [0, 0.05) is 13.5 Å². The molecule has 5 nitrogen and oxygen atoms in total. The van der Waals surface area contributed by atoms with Crippen molar-refractivity contribution in [2.45, 2.75) is 82.7 Å². The summed E-state index contributed by atoms with van der Waals surface area (Å²) in [7, 11) is 5.89. The molecule has 3 aliphatic rings. The van der Waals surface area contributed by atoms with E-state index < -0.39 is 0 Å². The summed E-state index contributed by atoms with van der Waals surface area (Å²) in [6.07, 6.45) is 9.52. The highest BCUT2D eigenvalue weighted by Crippen LogP contribution is 2.60. The van der Waals surface area contributed by atoms with Crippen LogP contribution in [-0.2, 0) is 19.0 Å². The van der Waals surface area contributed by atoms with Crippen LogP contribution >= 0.6 is 0 Å². The third-order valence-electron chi connectivity index (χ3n) is 6.80. The van der Waals surface area contributed by atoms with Crippen molar-refractivity contribution in [1.82, 2.24) is 4.90 Å². The maximum absolute atomic E-state index is 12.6. The Labute approximate surface area is 176 Å². The summed E-state index contributed by atoms with van der Waals surface area (Å²) < 4.78 is 18.2. The fourth-order valence-corrected chi connectivity index (χ4v) is 5.00. The number of carbonyl (C=O) groups is 1. The summed E-state index contributed by atoms with van der Waals surface area (Å²) >= 11 is 0. The molecule has 0 bridgehead atoms. The SMILES string of the molecule is CO[C@@H]1C(=CC(=O)CCCCN(C)C)CC[C@]2(CO2)[C@H]1[C@@]1(C)O[C@@H]1CC=C(C)C. The van der Waals surface area contributed by atoms with Crippen LogP contribution in [0.5, 0.6) is 0 Å². The lowest BCUT2D eigenvalue weighted by atomic mass is 9.67. The van der Waals surface area contributed by atoms with Crippen molar-refractivity contribution in [3.63, 3.8) is 0 Å². The molecular weight excluding hydrogens is 366 g/mol. The normalized spacial score (nSPS) is 37.2. The Hall–Kier alpha value is -1.01. The van der Waals surface area contributed by atoms with Crippen LogP contribution in [0, 0.1) is 5.92 Å². The zero-order chi connectivity index (χ0) is 21.2. The zero-order valence-corrected chi connectivity index (χ0v) is 19.1. The molecule has 1 saturated carbocycles. The number of ketones is 1. The van der Waals surface area contributed by atoms with Crippen molar-refractivity contribution in [3.8, 4) is 0 Å². The lowest BCUT2D eigenvalue weighted by Crippen LogP contribution is -2.50. The van der Waals surface area contributed by atoms with E-state index in [2.05, 4.69) is 45.8 Å². The molecule has 29 heavy (non-hydrogen) atoms. The molecule has 0 aromatic carbocycles. The van der Waals surface area contributed by atoms with Gasteiger partial charge < -0.3 is 19.1 Å². The molecule has 3 rings (SSSR count). The van der Waals surface area contributed by atoms with Crippen LogP contribution in [0.25, 0.3) is 0 Å². The third kappa shape index (κ3) is 5.19. The predicted molar refractivity (Wildman–Crippen MR) is 115 cm³/mol. The second-order valence-electron chi connectivity index (χ2n) is 9.74. The maximum Gasteiger partial charge on any atom is 0.155 e. The summed E-state index contributed by atoms with van der Waals surface area (Å²) in [5.74, 6) is 0.354. The first-order valence-corrected chi connectivity index (χ1v) is 11.1. The highest BCUT2D eigenvalue weighted by molar-refractivity contribution is 5.90. The van der Waals surface area contributed by atoms with Crippen LogP contribution in [0.15, 0.2) is 23.3 Å². The number of ether oxygens (including phenoxy) is 3. The lowest BCUT2D eigenvalue weighted by Gasteiger charge is -2.40. The number of rotatable bonds is 10. The molecule has 164 valence electrons. The molecule has 3 fully saturated rings. The van der Waals surface area contributed by atoms with E-state index in [1.54, 1.807) is 7.11 Å². The van der Waals surface area contributed by atoms with Crippen LogP contribution in [0.1, 0.15) is 59.3 Å². The fourth-order valence-electron chi connectivity index (χ4n) is 5.00. The number of nitrogens with zero attached hydrogens (tertiary/aromatic N) is 1. The van der Waals surface area contributed by atoms with Gasteiger partial charge in [0.15, 0.2) is 5.78 Å². The standard InChI is InChI=1S/C24H39NO4/c1-17(2)10-11-20-23(3,29-20)22-21(27-6)18(12-13-24(22)16-28-24)15-19(26)9-7-8-14-25(4)5/h10,15,20-22H,7-9,11-14,16H2,1-6H3/t20-,21-,22-,23+,24+/m1/s1. The van der Waals surface area contributed by atoms with Gasteiger partial charge in [0.05, 0.1) is 24.7 Å². The minimum atomic E-state index is -0.253. The summed E-state index contributed by atoms with van der Waals surface area (Å²) in [6.45, 7) is 8.24. The molecule has 0 radical (unpaired) electrons. The van der Waals surface area contributed by atoms with Crippen LogP contribution in [0.2, 0.25) is 0 Å². The van der Waals surface area contributed by atoms with Crippen molar-refractivity contribution >= 4 is 5.78 Å². The van der Waals surface area contributed by atoms with E-state index in [1.165, 1.54) is 5.57 Å². The van der Waals surface area contributed by atoms with Gasteiger partial charge in [-0.3, -0.25) is 4.79 Å². The average Bonchev–Trinajstić information content (AvgIpc) is 3.56. The van der Waals surface area contributed by atoms with E-state index in [9.17, 15) is 4.79 Å². The van der Waals surface area contributed by atoms with E-state index in [0.717, 1.165) is 50.8 Å². The number of hydrogen-bond acceptors (Lipinski definition) is 5. The molecule has 0 N–H and O–H groups in total. The molecule has 1 spiro atoms. The van der Waals surface area contributed by atoms with Gasteiger partial charge in [-0.15, -0.1) is 0 Å². The van der Waals surface area contributed by atoms with E-state index in [1.807, 2.05) is 6.08 Å². The Balaban J connectivity index is 1.68. The molecule has 5 heteroatoms. The molecular formula is C24H39NO4. The second-order valence-corrected chi connectivity index (χ2v) is 9.74. The zero-order valence-electron chi connectivity index (χ0n) is 19.1. The van der Waals surface area contributed by atoms with Gasteiger partial charge in [0.25, 0.3) is 0 Å². The van der Waals surface area contributed by atoms with Gasteiger partial charge in [-0.25, -0.2) is 0 Å². The Bertz CT molecular complexity index is 660. The van der Waals surface area contributed by atoms with E-state index in [4.69, 9.17) is 14.2 Å². The molecule has 2 saturated heterocycles. The van der Waals surface area contributed by atoms with Crippen LogP contribution in [0.4, 0.5) is 0 Å². The average molecular weight is 406 g/mol. The topological polar surface area (TPSA) is 54.6 Å². The van der Waals surface area contributed by atoms with Crippen molar-refractivity contribution < 1.29 is 19.0 Å². The first-order valence-electron chi connectivity index (χ1n) is 11.1. The molecule has 0 unspecified atom stereocenters. The molecule has 0 aromatic rings. The van der Waals surface area contributed by atoms with Crippen molar-refractivity contribution in [2.24, 2.45) is 5.92 Å². The highest BCUT2D eigenvalue weighted by atomic mass is 16.6. The summed E-state index contributed by atoms with van der Waals surface area (Å²) in [5.41, 5.74) is 2.04. The number of unbranched alkanes of at least 4 members (excludes halogenated alkanes) is 1. The number of epoxide rings is 2. The van der Waals surface area contributed by atoms with Gasteiger partial charge in [-0.05, 0) is 85.2 Å². The summed E-state index contributed by atoms with van der Waals surface area (Å²) in [4.78, 5) is 14.8. The second kappa shape index (κ2) is 9.01. The van der Waals surface area contributed by atoms with Gasteiger partial charge in [0.2, 0.25) is 0 Å². The van der Waals surface area contributed by atoms with Crippen LogP contribution in [0.3, 0.4) is 0 Å². The Morgan fingerprint density at radius 2 is 2.03 bits per heavy atom. The van der Waals surface area contributed by atoms with Gasteiger partial charge in [-0.1, -0.05) is 11.6 Å². The van der Waals surface area contributed by atoms with Crippen LogP contribution < -0.4 is 0 Å². The Morgan fingerprint density at radius 3 is 2.62 bits per heavy atom. The van der Waals surface area contributed by atoms with Crippen molar-refractivity contribution in [1.29, 1.82) is 0 Å². The molecule has 2 heterocycles. The number of allylic oxidation sites excluding steroid dienone is 2. The van der Waals surface area contributed by atoms with Crippen molar-refractivity contribution in [2.75, 3.05) is 34.4 Å². The molecule has 0 aromatic heterocycles. The highest BCUT2D eigenvalue weighted by Gasteiger charge is 2.71. The first-order chi connectivity index (χ1) is 13.7. The first kappa shape index (κ1) is 22.7. The van der Waals surface area contributed by atoms with E-state index in [0.29, 0.717) is 6.42 Å². The van der Waals surface area contributed by atoms with Crippen LogP contribution in [-0.4, -0.2) is 68.4 Å². The third-order valence-corrected chi connectivity index (χ3v) is 6.80. The fraction of sp³-hybridized carbons (Fsp3) is 0.792. The van der Waals surface area contributed by atoms with Gasteiger partial charge >= 0.3 is 0 Å². The van der Waals surface area contributed by atoms with E-state index in [-0.39, 0.29) is 35.1 Å². The molecule has 0 amide bonds. The predicted octanol–water partition coefficient (Wildman–Crippen LogP) is 3.92. The quantitative estimate of drug-likeness (QED) is 0.239. The van der Waals surface area contributed by atoms with Gasteiger partial charge in [0.1, 0.15) is 11.2 Å². The number of carbonyl (C=O) groups excluding carboxylic acids is 1. The number of hydrogen-bond donors (Lipinski definition) is 0. The Morgan fingerprint density at radius 1 is 1.31 bits per heavy atom. The maximum atomic E-state index is 12.6. The largest absolute Gasteiger partial charge is 0.377 e. The molecule has 1 aliphatic carbocycles. The minimum Gasteiger partial charge on any atom is -0.377 e. The number of methoxy groups -OCH3 is 1. The molecule has 2 aliphatic heterocycles. The summed E-state index contributed by atoms with van der Waals surface area (Å²) in [6, 6.07) is 0. The smallest absolute Gasteiger partial charge is 0.155 e. The Kier molecular flexibility index (Phi) is 7.04. The van der Waals surface area contributed by atoms with E-state index >= 15 is 0 Å². The van der Waals surface area contributed by atoms with Gasteiger partial charge in [-0.2, -0.15) is 0 Å². The lowest BCUT2D eigenvalue weighted by molar-refractivity contribution is -0.115. The summed E-state index contributed by atoms with van der Waals surface area (Å²) in [5, 5.41) is 0. The monoisotopic (exact) mass is 405 g/mol. The minimum absolute atomic E-state index is 0.112.